The van der Waals surface area contributed by atoms with Crippen LogP contribution in [-0.4, -0.2) is 0 Å². The van der Waals surface area contributed by atoms with Crippen molar-refractivity contribution < 1.29 is 49.0 Å². The largest absolute Gasteiger partial charge is 1.00 e. The summed E-state index contributed by atoms with van der Waals surface area (Å²) in [6.45, 7) is 4.28. The summed E-state index contributed by atoms with van der Waals surface area (Å²) in [6.07, 6.45) is 7.55. The molecule has 2 aromatic rings. The average molecular weight is 368 g/mol. The fraction of sp³-hybridized carbons (Fsp3) is 0.222. The molecule has 1 nitrogen and oxygen atoms in total. The minimum absolute atomic E-state index is 0. The SMILES string of the molecule is CC(C)([O][Ti+2])c1c(C2=CC=CC2)ccc2ccccc12.[Cl-].[Cl-]. The van der Waals surface area contributed by atoms with E-state index < -0.39 is 0 Å². The molecule has 1 aliphatic rings. The Morgan fingerprint density at radius 3 is 2.41 bits per heavy atom. The Morgan fingerprint density at radius 2 is 1.77 bits per heavy atom. The number of halogens is 2. The van der Waals surface area contributed by atoms with E-state index in [4.69, 9.17) is 3.32 Å². The number of hydrogen-bond donors (Lipinski definition) is 0. The molecule has 113 valence electrons. The van der Waals surface area contributed by atoms with E-state index in [1.54, 1.807) is 20.8 Å². The van der Waals surface area contributed by atoms with Crippen molar-refractivity contribution in [2.24, 2.45) is 0 Å². The Hall–Kier alpha value is -0.566. The number of allylic oxidation sites excluding steroid dienone is 4. The Morgan fingerprint density at radius 1 is 1.05 bits per heavy atom. The molecule has 0 saturated carbocycles. The monoisotopic (exact) mass is 367 g/mol. The van der Waals surface area contributed by atoms with E-state index in [1.165, 1.54) is 27.5 Å². The van der Waals surface area contributed by atoms with Crippen LogP contribution in [0.1, 0.15) is 31.4 Å². The third kappa shape index (κ3) is 3.50. The molecule has 0 N–H and O–H groups in total. The van der Waals surface area contributed by atoms with Crippen LogP contribution in [0.3, 0.4) is 0 Å². The quantitative estimate of drug-likeness (QED) is 0.626. The summed E-state index contributed by atoms with van der Waals surface area (Å²) in [5.41, 5.74) is 3.66. The molecule has 0 saturated heterocycles. The van der Waals surface area contributed by atoms with Gasteiger partial charge in [0.25, 0.3) is 0 Å². The van der Waals surface area contributed by atoms with Gasteiger partial charge in [-0.1, -0.05) is 0 Å². The molecule has 0 aromatic heterocycles. The summed E-state index contributed by atoms with van der Waals surface area (Å²) < 4.78 is 5.78. The molecule has 2 aromatic carbocycles. The molecule has 22 heavy (non-hydrogen) atoms. The van der Waals surface area contributed by atoms with Crippen LogP contribution in [0.4, 0.5) is 0 Å². The number of hydrogen-bond acceptors (Lipinski definition) is 1. The molecule has 0 atom stereocenters. The topological polar surface area (TPSA) is 9.23 Å². The smallest absolute Gasteiger partial charge is 1.00 e. The summed E-state index contributed by atoms with van der Waals surface area (Å²) >= 11 is 1.78. The van der Waals surface area contributed by atoms with Gasteiger partial charge in [0.15, 0.2) is 0 Å². The number of fused-ring (bicyclic) bond motifs is 1. The van der Waals surface area contributed by atoms with E-state index in [1.807, 2.05) is 0 Å². The molecule has 0 radical (unpaired) electrons. The summed E-state index contributed by atoms with van der Waals surface area (Å²) in [5, 5.41) is 2.55. The second-order valence-electron chi connectivity index (χ2n) is 5.65. The van der Waals surface area contributed by atoms with E-state index >= 15 is 0 Å². The zero-order valence-electron chi connectivity index (χ0n) is 12.6. The van der Waals surface area contributed by atoms with Crippen molar-refractivity contribution >= 4 is 16.3 Å². The first-order valence-corrected chi connectivity index (χ1v) is 7.50. The van der Waals surface area contributed by atoms with Crippen LogP contribution in [0.15, 0.2) is 54.6 Å². The standard InChI is InChI=1S/C18H17O.2ClH.Ti/c1-18(2,19)17-15-10-6-5-9-14(15)11-12-16(17)13-7-3-4-8-13;;;/h3-7,9-12H,8H2,1-2H3;2*1H;/q-1;;;+3/p-2. The van der Waals surface area contributed by atoms with Crippen molar-refractivity contribution in [3.8, 4) is 0 Å². The Labute approximate surface area is 156 Å². The van der Waals surface area contributed by atoms with E-state index in [0.29, 0.717) is 0 Å². The maximum Gasteiger partial charge on any atom is -1.00 e. The minimum atomic E-state index is -0.306. The molecular weight excluding hydrogens is 351 g/mol. The molecule has 0 amide bonds. The van der Waals surface area contributed by atoms with Crippen LogP contribution < -0.4 is 24.8 Å². The van der Waals surface area contributed by atoms with Crippen LogP contribution >= 0.6 is 0 Å². The van der Waals surface area contributed by atoms with Crippen LogP contribution in [0.2, 0.25) is 0 Å². The first-order valence-electron chi connectivity index (χ1n) is 6.86. The van der Waals surface area contributed by atoms with Crippen molar-refractivity contribution in [2.45, 2.75) is 25.9 Å². The second kappa shape index (κ2) is 7.81. The van der Waals surface area contributed by atoms with Gasteiger partial charge in [-0.2, -0.15) is 0 Å². The van der Waals surface area contributed by atoms with Gasteiger partial charge < -0.3 is 24.8 Å². The third-order valence-corrected chi connectivity index (χ3v) is 4.70. The van der Waals surface area contributed by atoms with E-state index in [-0.39, 0.29) is 30.4 Å². The van der Waals surface area contributed by atoms with Crippen molar-refractivity contribution in [2.75, 3.05) is 0 Å². The Balaban J connectivity index is 0.00000121. The summed E-state index contributed by atoms with van der Waals surface area (Å²) in [4.78, 5) is 0. The van der Waals surface area contributed by atoms with E-state index in [2.05, 4.69) is 68.5 Å². The van der Waals surface area contributed by atoms with Gasteiger partial charge in [0.05, 0.1) is 0 Å². The van der Waals surface area contributed by atoms with Crippen LogP contribution in [0.5, 0.6) is 0 Å². The molecule has 0 fully saturated rings. The van der Waals surface area contributed by atoms with Crippen molar-refractivity contribution in [1.29, 1.82) is 0 Å². The van der Waals surface area contributed by atoms with Gasteiger partial charge in [-0.15, -0.1) is 0 Å². The molecule has 0 aliphatic heterocycles. The molecule has 0 spiro atoms. The zero-order chi connectivity index (χ0) is 14.2. The van der Waals surface area contributed by atoms with Crippen molar-refractivity contribution in [1.82, 2.24) is 0 Å². The summed E-state index contributed by atoms with van der Waals surface area (Å²) in [7, 11) is 0. The number of rotatable bonds is 3. The van der Waals surface area contributed by atoms with Gasteiger partial charge >= 0.3 is 132 Å². The maximum absolute atomic E-state index is 5.78. The molecule has 4 heteroatoms. The Bertz CT molecular complexity index is 720. The van der Waals surface area contributed by atoms with Gasteiger partial charge in [0, 0.05) is 0 Å². The van der Waals surface area contributed by atoms with Crippen LogP contribution in [0.25, 0.3) is 16.3 Å². The van der Waals surface area contributed by atoms with Gasteiger partial charge in [-0.3, -0.25) is 0 Å². The summed E-state index contributed by atoms with van der Waals surface area (Å²) in [6, 6.07) is 13.0. The van der Waals surface area contributed by atoms with E-state index in [0.717, 1.165) is 6.42 Å². The van der Waals surface area contributed by atoms with Gasteiger partial charge in [-0.05, 0) is 0 Å². The first-order chi connectivity index (χ1) is 9.63. The maximum atomic E-state index is 5.78. The Kier molecular flexibility index (Phi) is 6.92. The molecule has 0 heterocycles. The zero-order valence-corrected chi connectivity index (χ0v) is 15.6. The summed E-state index contributed by atoms with van der Waals surface area (Å²) in [5.74, 6) is 0. The predicted molar refractivity (Wildman–Crippen MR) is 79.8 cm³/mol. The molecule has 3 rings (SSSR count). The molecular formula is C18H17Cl2OTi. The molecule has 1 aliphatic carbocycles. The minimum Gasteiger partial charge on any atom is -1.00 e. The van der Waals surface area contributed by atoms with Gasteiger partial charge in [-0.25, -0.2) is 0 Å². The van der Waals surface area contributed by atoms with Crippen molar-refractivity contribution in [3.05, 3.63) is 65.8 Å². The third-order valence-electron chi connectivity index (χ3n) is 3.90. The number of benzene rings is 2. The predicted octanol–water partition coefficient (Wildman–Crippen LogP) is -1.10. The molecule has 0 bridgehead atoms. The van der Waals surface area contributed by atoms with Crippen LogP contribution in [0, 0.1) is 0 Å². The fourth-order valence-electron chi connectivity index (χ4n) is 2.89. The normalized spacial score (nSPS) is 13.5. The van der Waals surface area contributed by atoms with E-state index in [9.17, 15) is 0 Å². The molecule has 0 unspecified atom stereocenters. The van der Waals surface area contributed by atoms with Crippen LogP contribution in [-0.2, 0) is 29.7 Å². The second-order valence-corrected chi connectivity index (χ2v) is 5.96. The van der Waals surface area contributed by atoms with Gasteiger partial charge in [0.1, 0.15) is 0 Å². The average Bonchev–Trinajstić information content (AvgIpc) is 3.00. The van der Waals surface area contributed by atoms with Crippen molar-refractivity contribution in [3.63, 3.8) is 0 Å². The fourth-order valence-corrected chi connectivity index (χ4v) is 3.05. The van der Waals surface area contributed by atoms with Gasteiger partial charge in [0.2, 0.25) is 0 Å². The first kappa shape index (κ1) is 19.5.